The van der Waals surface area contributed by atoms with Gasteiger partial charge in [-0.25, -0.2) is 0 Å². The van der Waals surface area contributed by atoms with Crippen molar-refractivity contribution in [3.8, 4) is 5.75 Å². The zero-order valence-corrected chi connectivity index (χ0v) is 12.0. The van der Waals surface area contributed by atoms with Crippen molar-refractivity contribution in [2.24, 2.45) is 5.41 Å². The average molecular weight is 279 g/mol. The molecule has 0 aliphatic rings. The maximum atomic E-state index is 12.0. The SMILES string of the molecule is CC(C)(C)C(CC(=O)O)NC(=O)Cc1ccccc1O. The molecule has 5 nitrogen and oxygen atoms in total. The highest BCUT2D eigenvalue weighted by Crippen LogP contribution is 2.22. The summed E-state index contributed by atoms with van der Waals surface area (Å²) in [6, 6.07) is 6.14. The van der Waals surface area contributed by atoms with Crippen LogP contribution in [0.5, 0.6) is 5.75 Å². The van der Waals surface area contributed by atoms with Crippen LogP contribution in [0.3, 0.4) is 0 Å². The molecule has 1 aromatic carbocycles. The average Bonchev–Trinajstić information content (AvgIpc) is 2.29. The summed E-state index contributed by atoms with van der Waals surface area (Å²) in [4.78, 5) is 22.8. The minimum Gasteiger partial charge on any atom is -0.508 e. The van der Waals surface area contributed by atoms with E-state index in [-0.39, 0.29) is 29.9 Å². The van der Waals surface area contributed by atoms with Crippen LogP contribution in [0.1, 0.15) is 32.8 Å². The van der Waals surface area contributed by atoms with Gasteiger partial charge < -0.3 is 15.5 Å². The Kier molecular flexibility index (Phi) is 5.13. The quantitative estimate of drug-likeness (QED) is 0.768. The molecule has 0 saturated carbocycles. The van der Waals surface area contributed by atoms with Gasteiger partial charge in [0, 0.05) is 11.6 Å². The third-order valence-electron chi connectivity index (χ3n) is 3.10. The van der Waals surface area contributed by atoms with Gasteiger partial charge in [0.25, 0.3) is 0 Å². The summed E-state index contributed by atoms with van der Waals surface area (Å²) < 4.78 is 0. The number of carbonyl (C=O) groups is 2. The molecule has 0 spiro atoms. The zero-order chi connectivity index (χ0) is 15.3. The first-order valence-corrected chi connectivity index (χ1v) is 6.48. The summed E-state index contributed by atoms with van der Waals surface area (Å²) in [6.07, 6.45) is -0.102. The molecule has 5 heteroatoms. The van der Waals surface area contributed by atoms with Crippen molar-refractivity contribution in [1.29, 1.82) is 0 Å². The van der Waals surface area contributed by atoms with E-state index in [1.165, 1.54) is 6.07 Å². The number of para-hydroxylation sites is 1. The Morgan fingerprint density at radius 2 is 1.85 bits per heavy atom. The van der Waals surface area contributed by atoms with E-state index in [0.29, 0.717) is 5.56 Å². The highest BCUT2D eigenvalue weighted by molar-refractivity contribution is 5.80. The Hall–Kier alpha value is -2.04. The van der Waals surface area contributed by atoms with Gasteiger partial charge in [-0.2, -0.15) is 0 Å². The largest absolute Gasteiger partial charge is 0.508 e. The van der Waals surface area contributed by atoms with Crippen molar-refractivity contribution >= 4 is 11.9 Å². The van der Waals surface area contributed by atoms with Gasteiger partial charge in [-0.1, -0.05) is 39.0 Å². The van der Waals surface area contributed by atoms with Crippen LogP contribution < -0.4 is 5.32 Å². The summed E-state index contributed by atoms with van der Waals surface area (Å²) in [5.74, 6) is -1.19. The number of carbonyl (C=O) groups excluding carboxylic acids is 1. The molecule has 1 amide bonds. The zero-order valence-electron chi connectivity index (χ0n) is 12.0. The minimum absolute atomic E-state index is 0.0267. The number of nitrogens with one attached hydrogen (secondary N) is 1. The summed E-state index contributed by atoms with van der Waals surface area (Å²) in [5, 5.41) is 21.3. The number of hydrogen-bond donors (Lipinski definition) is 3. The van der Waals surface area contributed by atoms with Crippen LogP contribution >= 0.6 is 0 Å². The lowest BCUT2D eigenvalue weighted by atomic mass is 9.84. The molecule has 20 heavy (non-hydrogen) atoms. The van der Waals surface area contributed by atoms with E-state index in [2.05, 4.69) is 5.32 Å². The number of hydrogen-bond acceptors (Lipinski definition) is 3. The molecule has 1 aromatic rings. The number of aromatic hydroxyl groups is 1. The maximum Gasteiger partial charge on any atom is 0.305 e. The normalized spacial score (nSPS) is 12.8. The minimum atomic E-state index is -0.951. The molecule has 0 radical (unpaired) electrons. The summed E-state index contributed by atoms with van der Waals surface area (Å²) >= 11 is 0. The first-order valence-electron chi connectivity index (χ1n) is 6.48. The van der Waals surface area contributed by atoms with Gasteiger partial charge in [-0.15, -0.1) is 0 Å². The van der Waals surface area contributed by atoms with Crippen LogP contribution in [0.4, 0.5) is 0 Å². The highest BCUT2D eigenvalue weighted by Gasteiger charge is 2.28. The van der Waals surface area contributed by atoms with Gasteiger partial charge in [0.15, 0.2) is 0 Å². The molecule has 0 aromatic heterocycles. The number of carboxylic acid groups (broad SMARTS) is 1. The second-order valence-corrected chi connectivity index (χ2v) is 5.89. The number of rotatable bonds is 5. The summed E-state index contributed by atoms with van der Waals surface area (Å²) in [6.45, 7) is 5.63. The van der Waals surface area contributed by atoms with E-state index >= 15 is 0 Å². The van der Waals surface area contributed by atoms with E-state index in [4.69, 9.17) is 5.11 Å². The molecule has 0 aliphatic heterocycles. The molecule has 0 heterocycles. The predicted octanol–water partition coefficient (Wildman–Crippen LogP) is 1.94. The number of amides is 1. The Morgan fingerprint density at radius 3 is 2.35 bits per heavy atom. The smallest absolute Gasteiger partial charge is 0.305 e. The van der Waals surface area contributed by atoms with Crippen LogP contribution in [0, 0.1) is 5.41 Å². The van der Waals surface area contributed by atoms with Crippen LogP contribution in [-0.2, 0) is 16.0 Å². The molecule has 1 unspecified atom stereocenters. The van der Waals surface area contributed by atoms with E-state index in [9.17, 15) is 14.7 Å². The molecule has 0 saturated heterocycles. The molecule has 1 rings (SSSR count). The Balaban J connectivity index is 2.72. The van der Waals surface area contributed by atoms with Crippen LogP contribution in [0.2, 0.25) is 0 Å². The second kappa shape index (κ2) is 6.41. The molecule has 0 fully saturated rings. The first-order chi connectivity index (χ1) is 9.20. The van der Waals surface area contributed by atoms with E-state index in [0.717, 1.165) is 0 Å². The van der Waals surface area contributed by atoms with Crippen molar-refractivity contribution in [1.82, 2.24) is 5.32 Å². The number of aliphatic carboxylic acids is 1. The van der Waals surface area contributed by atoms with Gasteiger partial charge in [0.05, 0.1) is 12.8 Å². The van der Waals surface area contributed by atoms with E-state index in [1.807, 2.05) is 20.8 Å². The van der Waals surface area contributed by atoms with Crippen LogP contribution in [0.25, 0.3) is 0 Å². The fraction of sp³-hybridized carbons (Fsp3) is 0.467. The molecule has 110 valence electrons. The maximum absolute atomic E-state index is 12.0. The summed E-state index contributed by atoms with van der Waals surface area (Å²) in [5.41, 5.74) is 0.167. The number of phenols is 1. The van der Waals surface area contributed by atoms with Crippen molar-refractivity contribution < 1.29 is 19.8 Å². The lowest BCUT2D eigenvalue weighted by Gasteiger charge is -2.30. The molecule has 1 atom stereocenters. The number of carboxylic acids is 1. The molecular weight excluding hydrogens is 258 g/mol. The molecular formula is C15H21NO4. The van der Waals surface area contributed by atoms with Crippen LogP contribution in [-0.4, -0.2) is 28.1 Å². The molecule has 0 bridgehead atoms. The lowest BCUT2D eigenvalue weighted by molar-refractivity contribution is -0.138. The highest BCUT2D eigenvalue weighted by atomic mass is 16.4. The summed E-state index contributed by atoms with van der Waals surface area (Å²) in [7, 11) is 0. The lowest BCUT2D eigenvalue weighted by Crippen LogP contribution is -2.45. The van der Waals surface area contributed by atoms with E-state index < -0.39 is 12.0 Å². The fourth-order valence-corrected chi connectivity index (χ4v) is 1.83. The van der Waals surface area contributed by atoms with Crippen molar-refractivity contribution in [2.75, 3.05) is 0 Å². The monoisotopic (exact) mass is 279 g/mol. The topological polar surface area (TPSA) is 86.6 Å². The van der Waals surface area contributed by atoms with Gasteiger partial charge >= 0.3 is 5.97 Å². The van der Waals surface area contributed by atoms with Gasteiger partial charge in [-0.05, 0) is 11.5 Å². The van der Waals surface area contributed by atoms with Gasteiger partial charge in [0.1, 0.15) is 5.75 Å². The number of benzene rings is 1. The Bertz CT molecular complexity index is 491. The predicted molar refractivity (Wildman–Crippen MR) is 75.4 cm³/mol. The van der Waals surface area contributed by atoms with Crippen molar-refractivity contribution in [3.63, 3.8) is 0 Å². The second-order valence-electron chi connectivity index (χ2n) is 5.89. The van der Waals surface area contributed by atoms with Crippen LogP contribution in [0.15, 0.2) is 24.3 Å². The molecule has 0 aliphatic carbocycles. The van der Waals surface area contributed by atoms with Crippen molar-refractivity contribution in [2.45, 2.75) is 39.7 Å². The van der Waals surface area contributed by atoms with Gasteiger partial charge in [0.2, 0.25) is 5.91 Å². The standard InChI is InChI=1S/C15H21NO4/c1-15(2,3)12(9-14(19)20)16-13(18)8-10-6-4-5-7-11(10)17/h4-7,12,17H,8-9H2,1-3H3,(H,16,18)(H,19,20). The van der Waals surface area contributed by atoms with E-state index in [1.54, 1.807) is 18.2 Å². The third-order valence-corrected chi connectivity index (χ3v) is 3.10. The number of phenolic OH excluding ortho intramolecular Hbond substituents is 1. The fourth-order valence-electron chi connectivity index (χ4n) is 1.83. The van der Waals surface area contributed by atoms with Crippen molar-refractivity contribution in [3.05, 3.63) is 29.8 Å². The Labute approximate surface area is 118 Å². The Morgan fingerprint density at radius 1 is 1.25 bits per heavy atom. The van der Waals surface area contributed by atoms with Gasteiger partial charge in [-0.3, -0.25) is 9.59 Å². The molecule has 3 N–H and O–H groups in total. The third kappa shape index (κ3) is 4.91. The first kappa shape index (κ1) is 16.0.